The molecule has 2 aliphatic rings. The number of hydrogen-bond donors (Lipinski definition) is 1. The molecular weight excluding hydrogens is 302 g/mol. The van der Waals surface area contributed by atoms with Crippen molar-refractivity contribution in [1.29, 1.82) is 0 Å². The molecule has 0 amide bonds. The van der Waals surface area contributed by atoms with Crippen molar-refractivity contribution < 1.29 is 18.4 Å². The van der Waals surface area contributed by atoms with Gasteiger partial charge in [0.25, 0.3) is 0 Å². The number of aromatic nitrogens is 1. The van der Waals surface area contributed by atoms with E-state index in [9.17, 15) is 13.9 Å². The molecule has 2 atom stereocenters. The molecule has 2 unspecified atom stereocenters. The number of halogens is 2. The van der Waals surface area contributed by atoms with Crippen LogP contribution in [0.2, 0.25) is 0 Å². The van der Waals surface area contributed by atoms with E-state index in [0.717, 1.165) is 36.3 Å². The van der Waals surface area contributed by atoms with Crippen LogP contribution in [0.1, 0.15) is 48.1 Å². The average Bonchev–Trinajstić information content (AvgIpc) is 3.16. The summed E-state index contributed by atoms with van der Waals surface area (Å²) in [7, 11) is 0. The van der Waals surface area contributed by atoms with Gasteiger partial charge >= 0.3 is 0 Å². The maximum Gasteiger partial charge on any atom is 0.144 e. The fourth-order valence-corrected chi connectivity index (χ4v) is 3.44. The van der Waals surface area contributed by atoms with Gasteiger partial charge in [-0.15, -0.1) is 0 Å². The van der Waals surface area contributed by atoms with Gasteiger partial charge in [0, 0.05) is 36.2 Å². The molecule has 0 bridgehead atoms. The minimum atomic E-state index is -0.549. The average molecular weight is 320 g/mol. The number of hydrogen-bond acceptors (Lipinski definition) is 4. The molecule has 2 aromatic rings. The van der Waals surface area contributed by atoms with E-state index in [2.05, 4.69) is 5.16 Å². The molecule has 4 rings (SSSR count). The minimum absolute atomic E-state index is 0.297. The molecule has 1 aromatic carbocycles. The number of likely N-dealkylation sites (tertiary alicyclic amines) is 1. The van der Waals surface area contributed by atoms with Crippen molar-refractivity contribution in [2.24, 2.45) is 0 Å². The number of aliphatic hydroxyl groups excluding tert-OH is 1. The van der Waals surface area contributed by atoms with Gasteiger partial charge in [-0.3, -0.25) is 4.90 Å². The lowest BCUT2D eigenvalue weighted by Crippen LogP contribution is -2.25. The van der Waals surface area contributed by atoms with Gasteiger partial charge in [0.2, 0.25) is 0 Å². The highest BCUT2D eigenvalue weighted by molar-refractivity contribution is 5.26. The first-order chi connectivity index (χ1) is 11.1. The van der Waals surface area contributed by atoms with Crippen LogP contribution in [0.4, 0.5) is 8.78 Å². The van der Waals surface area contributed by atoms with Crippen LogP contribution in [0.3, 0.4) is 0 Å². The van der Waals surface area contributed by atoms with E-state index in [4.69, 9.17) is 4.52 Å². The van der Waals surface area contributed by atoms with Crippen LogP contribution in [-0.4, -0.2) is 27.8 Å². The summed E-state index contributed by atoms with van der Waals surface area (Å²) in [6.45, 7) is 0.947. The molecule has 23 heavy (non-hydrogen) atoms. The highest BCUT2D eigenvalue weighted by Crippen LogP contribution is 2.43. The zero-order valence-electron chi connectivity index (χ0n) is 12.6. The smallest absolute Gasteiger partial charge is 0.144 e. The predicted octanol–water partition coefficient (Wildman–Crippen LogP) is 3.14. The summed E-state index contributed by atoms with van der Waals surface area (Å²) in [5.74, 6) is 0.420. The lowest BCUT2D eigenvalue weighted by molar-refractivity contribution is 0.172. The minimum Gasteiger partial charge on any atom is -0.392 e. The third kappa shape index (κ3) is 2.88. The van der Waals surface area contributed by atoms with E-state index >= 15 is 0 Å². The van der Waals surface area contributed by atoms with Gasteiger partial charge in [0.1, 0.15) is 17.4 Å². The summed E-state index contributed by atoms with van der Waals surface area (Å²) < 4.78 is 33.0. The Morgan fingerprint density at radius 3 is 2.91 bits per heavy atom. The van der Waals surface area contributed by atoms with Crippen LogP contribution in [-0.2, 0) is 6.54 Å². The molecule has 1 aliphatic carbocycles. The maximum absolute atomic E-state index is 14.1. The number of rotatable bonds is 4. The second-order valence-electron chi connectivity index (χ2n) is 6.49. The molecule has 2 fully saturated rings. The third-order valence-corrected chi connectivity index (χ3v) is 4.70. The molecule has 1 aromatic heterocycles. The summed E-state index contributed by atoms with van der Waals surface area (Å²) in [6, 6.07) is 3.13. The van der Waals surface area contributed by atoms with Gasteiger partial charge in [-0.1, -0.05) is 5.16 Å². The third-order valence-electron chi connectivity index (χ3n) is 4.70. The SMILES string of the molecule is OC1CC(c2cc(F)ccc2F)N(Cc2cnoc2C2CC2)C1. The van der Waals surface area contributed by atoms with Crippen LogP contribution < -0.4 is 0 Å². The van der Waals surface area contributed by atoms with Crippen LogP contribution in [0, 0.1) is 11.6 Å². The largest absolute Gasteiger partial charge is 0.392 e. The molecule has 1 aliphatic heterocycles. The van der Waals surface area contributed by atoms with Gasteiger partial charge in [-0.25, -0.2) is 8.78 Å². The summed E-state index contributed by atoms with van der Waals surface area (Å²) in [6.07, 6.45) is 3.74. The zero-order valence-corrected chi connectivity index (χ0v) is 12.6. The molecule has 2 heterocycles. The highest BCUT2D eigenvalue weighted by atomic mass is 19.1. The second-order valence-corrected chi connectivity index (χ2v) is 6.49. The van der Waals surface area contributed by atoms with E-state index in [1.165, 1.54) is 6.07 Å². The van der Waals surface area contributed by atoms with Gasteiger partial charge in [0.15, 0.2) is 0 Å². The van der Waals surface area contributed by atoms with E-state index in [1.807, 2.05) is 4.90 Å². The highest BCUT2D eigenvalue weighted by Gasteiger charge is 2.36. The molecule has 1 saturated heterocycles. The topological polar surface area (TPSA) is 49.5 Å². The monoisotopic (exact) mass is 320 g/mol. The number of benzene rings is 1. The first-order valence-corrected chi connectivity index (χ1v) is 7.92. The Kier molecular flexibility index (Phi) is 3.66. The van der Waals surface area contributed by atoms with Gasteiger partial charge < -0.3 is 9.63 Å². The lowest BCUT2D eigenvalue weighted by Gasteiger charge is -2.24. The van der Waals surface area contributed by atoms with E-state index < -0.39 is 17.7 Å². The Labute approximate surface area is 132 Å². The van der Waals surface area contributed by atoms with Crippen LogP contribution in [0.15, 0.2) is 28.9 Å². The number of aliphatic hydroxyl groups is 1. The second kappa shape index (κ2) is 5.69. The molecule has 0 spiro atoms. The quantitative estimate of drug-likeness (QED) is 0.940. The normalized spacial score (nSPS) is 25.2. The van der Waals surface area contributed by atoms with Crippen LogP contribution >= 0.6 is 0 Å². The van der Waals surface area contributed by atoms with E-state index in [0.29, 0.717) is 31.0 Å². The number of β-amino-alcohol motifs (C(OH)–C–C–N with tert-alkyl or cyclic N) is 1. The van der Waals surface area contributed by atoms with E-state index in [1.54, 1.807) is 6.20 Å². The molecule has 122 valence electrons. The van der Waals surface area contributed by atoms with Gasteiger partial charge in [0.05, 0.1) is 12.3 Å². The molecule has 1 saturated carbocycles. The lowest BCUT2D eigenvalue weighted by atomic mass is 10.0. The first kappa shape index (κ1) is 14.8. The van der Waals surface area contributed by atoms with Crippen molar-refractivity contribution >= 4 is 0 Å². The van der Waals surface area contributed by atoms with Gasteiger partial charge in [-0.2, -0.15) is 0 Å². The van der Waals surface area contributed by atoms with Crippen LogP contribution in [0.5, 0.6) is 0 Å². The van der Waals surface area contributed by atoms with E-state index in [-0.39, 0.29) is 6.04 Å². The van der Waals surface area contributed by atoms with Crippen molar-refractivity contribution in [3.8, 4) is 0 Å². The Balaban J connectivity index is 1.61. The Morgan fingerprint density at radius 2 is 2.13 bits per heavy atom. The molecular formula is C17H18F2N2O2. The fraction of sp³-hybridized carbons (Fsp3) is 0.471. The fourth-order valence-electron chi connectivity index (χ4n) is 3.44. The summed E-state index contributed by atoms with van der Waals surface area (Å²) in [4.78, 5) is 1.97. The first-order valence-electron chi connectivity index (χ1n) is 7.92. The molecule has 0 radical (unpaired) electrons. The Hall–Kier alpha value is -1.79. The summed E-state index contributed by atoms with van der Waals surface area (Å²) >= 11 is 0. The van der Waals surface area contributed by atoms with Crippen molar-refractivity contribution in [3.63, 3.8) is 0 Å². The summed E-state index contributed by atoms with van der Waals surface area (Å²) in [5, 5.41) is 13.9. The molecule has 6 heteroatoms. The molecule has 1 N–H and O–H groups in total. The summed E-state index contributed by atoms with van der Waals surface area (Å²) in [5.41, 5.74) is 1.27. The van der Waals surface area contributed by atoms with Crippen LogP contribution in [0.25, 0.3) is 0 Å². The van der Waals surface area contributed by atoms with Crippen molar-refractivity contribution in [3.05, 3.63) is 52.9 Å². The predicted molar refractivity (Wildman–Crippen MR) is 78.6 cm³/mol. The van der Waals surface area contributed by atoms with Crippen molar-refractivity contribution in [1.82, 2.24) is 10.1 Å². The standard InChI is InChI=1S/C17H18F2N2O2/c18-12-3-4-15(19)14(5-12)16-6-13(22)9-21(16)8-11-7-20-23-17(11)10-1-2-10/h3-5,7,10,13,16,22H,1-2,6,8-9H2. The maximum atomic E-state index is 14.1. The van der Waals surface area contributed by atoms with Gasteiger partial charge in [-0.05, 0) is 37.5 Å². The zero-order chi connectivity index (χ0) is 16.0. The van der Waals surface area contributed by atoms with Crippen molar-refractivity contribution in [2.45, 2.75) is 43.9 Å². The Morgan fingerprint density at radius 1 is 1.30 bits per heavy atom. The number of nitrogens with zero attached hydrogens (tertiary/aromatic N) is 2. The van der Waals surface area contributed by atoms with Crippen molar-refractivity contribution in [2.75, 3.05) is 6.54 Å². The molecule has 4 nitrogen and oxygen atoms in total. The Bertz CT molecular complexity index is 714.